The molecule has 2 aromatic rings. The molecule has 1 aromatic heterocycles. The minimum absolute atomic E-state index is 0.571. The fourth-order valence-corrected chi connectivity index (χ4v) is 3.29. The van der Waals surface area contributed by atoms with Crippen molar-refractivity contribution < 1.29 is 4.63 Å². The number of nitrogens with two attached hydrogens (primary N) is 1. The second kappa shape index (κ2) is 5.31. The van der Waals surface area contributed by atoms with Crippen molar-refractivity contribution >= 4 is 22.4 Å². The number of hydrogen-bond donors (Lipinski definition) is 1. The molecule has 0 saturated heterocycles. The van der Waals surface area contributed by atoms with E-state index in [1.165, 1.54) is 32.1 Å². The molecule has 5 heteroatoms. The summed E-state index contributed by atoms with van der Waals surface area (Å²) in [6, 6.07) is 4.48. The Hall–Kier alpha value is -1.78. The number of nitrogens with zero attached hydrogens (tertiary/aromatic N) is 3. The molecule has 0 unspecified atom stereocenters. The third-order valence-corrected chi connectivity index (χ3v) is 4.75. The molecule has 1 saturated carbocycles. The van der Waals surface area contributed by atoms with E-state index in [-0.39, 0.29) is 0 Å². The van der Waals surface area contributed by atoms with Crippen molar-refractivity contribution in [1.29, 1.82) is 0 Å². The van der Waals surface area contributed by atoms with Crippen LogP contribution in [0.2, 0.25) is 0 Å². The van der Waals surface area contributed by atoms with Crippen LogP contribution in [0.15, 0.2) is 16.8 Å². The van der Waals surface area contributed by atoms with E-state index >= 15 is 0 Å². The monoisotopic (exact) mass is 274 g/mol. The van der Waals surface area contributed by atoms with Crippen LogP contribution in [0.3, 0.4) is 0 Å². The number of aromatic nitrogens is 2. The molecular weight excluding hydrogens is 252 g/mol. The summed E-state index contributed by atoms with van der Waals surface area (Å²) < 4.78 is 4.85. The molecule has 0 atom stereocenters. The zero-order valence-electron chi connectivity index (χ0n) is 12.2. The van der Waals surface area contributed by atoms with Crippen molar-refractivity contribution in [2.75, 3.05) is 17.7 Å². The molecule has 2 N–H and O–H groups in total. The predicted octanol–water partition coefficient (Wildman–Crippen LogP) is 3.21. The summed E-state index contributed by atoms with van der Waals surface area (Å²) in [4.78, 5) is 2.32. The maximum Gasteiger partial charge on any atom is 0.160 e. The Morgan fingerprint density at radius 2 is 1.90 bits per heavy atom. The minimum atomic E-state index is 0.571. The summed E-state index contributed by atoms with van der Waals surface area (Å²) >= 11 is 0. The van der Waals surface area contributed by atoms with Gasteiger partial charge in [0.05, 0.1) is 11.4 Å². The predicted molar refractivity (Wildman–Crippen MR) is 80.7 cm³/mol. The molecule has 0 radical (unpaired) electrons. The lowest BCUT2D eigenvalue weighted by molar-refractivity contribution is 0.311. The summed E-state index contributed by atoms with van der Waals surface area (Å²) in [7, 11) is 2.14. The Bertz CT molecular complexity index is 587. The number of fused-ring (bicyclic) bond motifs is 1. The minimum Gasteiger partial charge on any atom is -0.397 e. The molecule has 0 bridgehead atoms. The molecule has 5 nitrogen and oxygen atoms in total. The van der Waals surface area contributed by atoms with Crippen molar-refractivity contribution in [3.05, 3.63) is 12.1 Å². The molecule has 0 aliphatic heterocycles. The van der Waals surface area contributed by atoms with Crippen LogP contribution in [0.1, 0.15) is 39.0 Å². The van der Waals surface area contributed by atoms with E-state index in [0.29, 0.717) is 17.2 Å². The van der Waals surface area contributed by atoms with Crippen LogP contribution in [0.4, 0.5) is 11.4 Å². The van der Waals surface area contributed by atoms with E-state index in [1.807, 2.05) is 12.1 Å². The molecule has 3 rings (SSSR count). The summed E-state index contributed by atoms with van der Waals surface area (Å²) in [6.07, 6.45) is 6.43. The standard InChI is InChI=1S/C15H22N4O/c1-3-10-4-6-11(7-5-10)19(2)13-9-8-12(16)14-15(13)18-20-17-14/h8-11H,3-7,16H2,1-2H3. The van der Waals surface area contributed by atoms with Gasteiger partial charge in [0.1, 0.15) is 0 Å². The Labute approximate surface area is 119 Å². The fraction of sp³-hybridized carbons (Fsp3) is 0.600. The Morgan fingerprint density at radius 1 is 1.20 bits per heavy atom. The molecule has 1 fully saturated rings. The normalized spacial score (nSPS) is 23.1. The van der Waals surface area contributed by atoms with Crippen LogP contribution in [-0.4, -0.2) is 23.4 Å². The average molecular weight is 274 g/mol. The Morgan fingerprint density at radius 3 is 2.60 bits per heavy atom. The van der Waals surface area contributed by atoms with Gasteiger partial charge in [0.25, 0.3) is 0 Å². The number of rotatable bonds is 3. The van der Waals surface area contributed by atoms with Crippen LogP contribution < -0.4 is 10.6 Å². The number of anilines is 2. The molecule has 20 heavy (non-hydrogen) atoms. The van der Waals surface area contributed by atoms with Crippen molar-refractivity contribution in [3.8, 4) is 0 Å². The van der Waals surface area contributed by atoms with Crippen LogP contribution in [0.5, 0.6) is 0 Å². The summed E-state index contributed by atoms with van der Waals surface area (Å²) in [5.41, 5.74) is 9.02. The number of hydrogen-bond acceptors (Lipinski definition) is 5. The lowest BCUT2D eigenvalue weighted by Crippen LogP contribution is -2.35. The second-order valence-electron chi connectivity index (χ2n) is 5.83. The van der Waals surface area contributed by atoms with Gasteiger partial charge in [-0.3, -0.25) is 0 Å². The fourth-order valence-electron chi connectivity index (χ4n) is 3.29. The lowest BCUT2D eigenvalue weighted by atomic mass is 9.84. The van der Waals surface area contributed by atoms with Crippen molar-refractivity contribution in [1.82, 2.24) is 10.3 Å². The summed E-state index contributed by atoms with van der Waals surface area (Å²) in [6.45, 7) is 2.29. The maximum atomic E-state index is 5.90. The highest BCUT2D eigenvalue weighted by Crippen LogP contribution is 2.34. The SMILES string of the molecule is CCC1CCC(N(C)c2ccc(N)c3nonc23)CC1. The van der Waals surface area contributed by atoms with E-state index < -0.39 is 0 Å². The third-order valence-electron chi connectivity index (χ3n) is 4.75. The molecule has 1 heterocycles. The molecule has 1 aliphatic rings. The molecule has 1 aliphatic carbocycles. The van der Waals surface area contributed by atoms with Crippen LogP contribution in [0.25, 0.3) is 11.0 Å². The van der Waals surface area contributed by atoms with E-state index in [1.54, 1.807) is 0 Å². The Balaban J connectivity index is 1.84. The van der Waals surface area contributed by atoms with Gasteiger partial charge in [-0.25, -0.2) is 4.63 Å². The van der Waals surface area contributed by atoms with E-state index in [2.05, 4.69) is 29.2 Å². The van der Waals surface area contributed by atoms with Gasteiger partial charge < -0.3 is 10.6 Å². The van der Waals surface area contributed by atoms with E-state index in [9.17, 15) is 0 Å². The van der Waals surface area contributed by atoms with Crippen LogP contribution >= 0.6 is 0 Å². The summed E-state index contributed by atoms with van der Waals surface area (Å²) in [5, 5.41) is 7.91. The number of benzene rings is 1. The first kappa shape index (κ1) is 13.2. The molecule has 1 aromatic carbocycles. The maximum absolute atomic E-state index is 5.90. The first-order chi connectivity index (χ1) is 9.70. The zero-order valence-corrected chi connectivity index (χ0v) is 12.2. The first-order valence-electron chi connectivity index (χ1n) is 7.44. The van der Waals surface area contributed by atoms with Crippen molar-refractivity contribution in [2.45, 2.75) is 45.1 Å². The highest BCUT2D eigenvalue weighted by molar-refractivity contribution is 5.95. The molecular formula is C15H22N4O. The molecule has 0 spiro atoms. The van der Waals surface area contributed by atoms with Gasteiger partial charge in [0.15, 0.2) is 11.0 Å². The third kappa shape index (κ3) is 2.21. The first-order valence-corrected chi connectivity index (χ1v) is 7.44. The van der Waals surface area contributed by atoms with Crippen molar-refractivity contribution in [3.63, 3.8) is 0 Å². The highest BCUT2D eigenvalue weighted by Gasteiger charge is 2.25. The quantitative estimate of drug-likeness (QED) is 0.870. The lowest BCUT2D eigenvalue weighted by Gasteiger charge is -2.35. The smallest absolute Gasteiger partial charge is 0.160 e. The van der Waals surface area contributed by atoms with Gasteiger partial charge in [-0.2, -0.15) is 0 Å². The Kier molecular flexibility index (Phi) is 3.51. The zero-order chi connectivity index (χ0) is 14.1. The van der Waals surface area contributed by atoms with Crippen LogP contribution in [-0.2, 0) is 0 Å². The van der Waals surface area contributed by atoms with Gasteiger partial charge in [-0.05, 0) is 54.0 Å². The van der Waals surface area contributed by atoms with E-state index in [4.69, 9.17) is 10.4 Å². The average Bonchev–Trinajstić information content (AvgIpc) is 2.97. The van der Waals surface area contributed by atoms with Crippen molar-refractivity contribution in [2.24, 2.45) is 5.92 Å². The summed E-state index contributed by atoms with van der Waals surface area (Å²) in [5.74, 6) is 0.903. The van der Waals surface area contributed by atoms with Gasteiger partial charge in [-0.1, -0.05) is 13.3 Å². The molecule has 0 amide bonds. The van der Waals surface area contributed by atoms with Gasteiger partial charge >= 0.3 is 0 Å². The molecule has 108 valence electrons. The van der Waals surface area contributed by atoms with Gasteiger partial charge in [-0.15, -0.1) is 0 Å². The second-order valence-corrected chi connectivity index (χ2v) is 5.83. The van der Waals surface area contributed by atoms with Gasteiger partial charge in [0.2, 0.25) is 0 Å². The largest absolute Gasteiger partial charge is 0.397 e. The number of nitrogen functional groups attached to an aromatic ring is 1. The van der Waals surface area contributed by atoms with E-state index in [0.717, 1.165) is 17.1 Å². The highest BCUT2D eigenvalue weighted by atomic mass is 16.6. The van der Waals surface area contributed by atoms with Crippen LogP contribution in [0, 0.1) is 5.92 Å². The van der Waals surface area contributed by atoms with Gasteiger partial charge in [0, 0.05) is 13.1 Å². The topological polar surface area (TPSA) is 68.2 Å².